The summed E-state index contributed by atoms with van der Waals surface area (Å²) in [4.78, 5) is 14.1. The van der Waals surface area contributed by atoms with Crippen molar-refractivity contribution in [3.05, 3.63) is 0 Å². The van der Waals surface area contributed by atoms with Crippen LogP contribution in [0.2, 0.25) is 0 Å². The van der Waals surface area contributed by atoms with E-state index in [0.717, 1.165) is 25.9 Å². The Morgan fingerprint density at radius 1 is 0.800 bits per heavy atom. The van der Waals surface area contributed by atoms with Gasteiger partial charge < -0.3 is 10.2 Å². The van der Waals surface area contributed by atoms with E-state index in [1.54, 1.807) is 0 Å². The molecule has 0 heterocycles. The summed E-state index contributed by atoms with van der Waals surface area (Å²) >= 11 is 0. The lowest BCUT2D eigenvalue weighted by Crippen LogP contribution is -3.05. The molecule has 0 fully saturated rings. The van der Waals surface area contributed by atoms with E-state index in [0.29, 0.717) is 0 Å². The van der Waals surface area contributed by atoms with Crippen LogP contribution in [-0.2, 0) is 4.79 Å². The molecule has 25 heavy (non-hydrogen) atoms. The molecule has 3 nitrogen and oxygen atoms in total. The molecule has 0 unspecified atom stereocenters. The van der Waals surface area contributed by atoms with Gasteiger partial charge in [0.25, 0.3) is 0 Å². The molecule has 0 aliphatic carbocycles. The standard InChI is InChI=1S/C22H46N2O/c1-6-9-12-13-17-22(15-10-7-2,16-11-8-3)20-21(25)23-18-14-19-24(4)5/h6-20H2,1-5H3,(H,23,25)/p+1. The van der Waals surface area contributed by atoms with Gasteiger partial charge in [0, 0.05) is 19.4 Å². The number of hydrogen-bond acceptors (Lipinski definition) is 1. The van der Waals surface area contributed by atoms with E-state index >= 15 is 0 Å². The highest BCUT2D eigenvalue weighted by Gasteiger charge is 2.31. The molecule has 0 aromatic heterocycles. The first-order valence-corrected chi connectivity index (χ1v) is 11.1. The zero-order valence-electron chi connectivity index (χ0n) is 18.0. The number of unbranched alkanes of at least 4 members (excludes halogenated alkanes) is 5. The van der Waals surface area contributed by atoms with Crippen molar-refractivity contribution < 1.29 is 9.69 Å². The summed E-state index contributed by atoms with van der Waals surface area (Å²) in [6, 6.07) is 0. The van der Waals surface area contributed by atoms with Crippen molar-refractivity contribution in [2.45, 2.75) is 104 Å². The van der Waals surface area contributed by atoms with Gasteiger partial charge in [0.05, 0.1) is 20.6 Å². The quantitative estimate of drug-likeness (QED) is 0.373. The van der Waals surface area contributed by atoms with Gasteiger partial charge in [-0.2, -0.15) is 0 Å². The van der Waals surface area contributed by atoms with Gasteiger partial charge in [-0.25, -0.2) is 0 Å². The molecule has 1 amide bonds. The van der Waals surface area contributed by atoms with Gasteiger partial charge in [0.2, 0.25) is 5.91 Å². The third-order valence-corrected chi connectivity index (χ3v) is 5.39. The minimum atomic E-state index is 0.247. The van der Waals surface area contributed by atoms with Gasteiger partial charge in [0.1, 0.15) is 0 Å². The maximum atomic E-state index is 12.6. The predicted molar refractivity (Wildman–Crippen MR) is 110 cm³/mol. The second-order valence-corrected chi connectivity index (χ2v) is 8.36. The van der Waals surface area contributed by atoms with Gasteiger partial charge in [-0.15, -0.1) is 0 Å². The Bertz CT molecular complexity index is 307. The van der Waals surface area contributed by atoms with E-state index in [-0.39, 0.29) is 11.3 Å². The monoisotopic (exact) mass is 355 g/mol. The highest BCUT2D eigenvalue weighted by molar-refractivity contribution is 5.76. The van der Waals surface area contributed by atoms with Crippen LogP contribution in [0.25, 0.3) is 0 Å². The summed E-state index contributed by atoms with van der Waals surface area (Å²) in [6.45, 7) is 8.76. The molecule has 0 aromatic carbocycles. The second-order valence-electron chi connectivity index (χ2n) is 8.36. The lowest BCUT2D eigenvalue weighted by Gasteiger charge is -2.34. The van der Waals surface area contributed by atoms with Crippen LogP contribution in [0, 0.1) is 5.41 Å². The predicted octanol–water partition coefficient (Wildman–Crippen LogP) is 4.36. The van der Waals surface area contributed by atoms with E-state index in [1.165, 1.54) is 75.5 Å². The largest absolute Gasteiger partial charge is 0.356 e. The molecular weight excluding hydrogens is 308 g/mol. The van der Waals surface area contributed by atoms with E-state index in [2.05, 4.69) is 40.2 Å². The highest BCUT2D eigenvalue weighted by Crippen LogP contribution is 2.40. The van der Waals surface area contributed by atoms with Gasteiger partial charge >= 0.3 is 0 Å². The van der Waals surface area contributed by atoms with Crippen molar-refractivity contribution in [2.24, 2.45) is 5.41 Å². The van der Waals surface area contributed by atoms with Crippen molar-refractivity contribution in [1.29, 1.82) is 0 Å². The van der Waals surface area contributed by atoms with Crippen molar-refractivity contribution >= 4 is 5.91 Å². The van der Waals surface area contributed by atoms with Crippen LogP contribution in [0.3, 0.4) is 0 Å². The smallest absolute Gasteiger partial charge is 0.220 e. The number of amides is 1. The maximum Gasteiger partial charge on any atom is 0.220 e. The fourth-order valence-corrected chi connectivity index (χ4v) is 3.74. The summed E-state index contributed by atoms with van der Waals surface area (Å²) in [5, 5.41) is 3.20. The first kappa shape index (κ1) is 24.4. The van der Waals surface area contributed by atoms with Crippen LogP contribution in [0.4, 0.5) is 0 Å². The minimum Gasteiger partial charge on any atom is -0.356 e. The fraction of sp³-hybridized carbons (Fsp3) is 0.955. The Labute approximate surface area is 158 Å². The maximum absolute atomic E-state index is 12.6. The lowest BCUT2D eigenvalue weighted by molar-refractivity contribution is -0.858. The summed E-state index contributed by atoms with van der Waals surface area (Å²) in [7, 11) is 4.33. The van der Waals surface area contributed by atoms with Crippen molar-refractivity contribution in [1.82, 2.24) is 5.32 Å². The molecule has 0 bridgehead atoms. The van der Waals surface area contributed by atoms with E-state index in [4.69, 9.17) is 0 Å². The van der Waals surface area contributed by atoms with Gasteiger partial charge in [-0.05, 0) is 24.7 Å². The third-order valence-electron chi connectivity index (χ3n) is 5.39. The molecule has 0 saturated heterocycles. The van der Waals surface area contributed by atoms with Crippen molar-refractivity contribution in [3.8, 4) is 0 Å². The van der Waals surface area contributed by atoms with Crippen molar-refractivity contribution in [2.75, 3.05) is 27.2 Å². The molecule has 0 spiro atoms. The fourth-order valence-electron chi connectivity index (χ4n) is 3.74. The Kier molecular flexibility index (Phi) is 15.3. The molecule has 150 valence electrons. The Hall–Kier alpha value is -0.570. The Balaban J connectivity index is 4.64. The molecule has 0 aliphatic heterocycles. The number of rotatable bonds is 17. The van der Waals surface area contributed by atoms with E-state index < -0.39 is 0 Å². The van der Waals surface area contributed by atoms with Crippen LogP contribution < -0.4 is 10.2 Å². The zero-order chi connectivity index (χ0) is 19.0. The van der Waals surface area contributed by atoms with Crippen molar-refractivity contribution in [3.63, 3.8) is 0 Å². The Morgan fingerprint density at radius 3 is 1.88 bits per heavy atom. The van der Waals surface area contributed by atoms with Crippen LogP contribution >= 0.6 is 0 Å². The lowest BCUT2D eigenvalue weighted by atomic mass is 9.71. The molecule has 0 atom stereocenters. The molecule has 0 aliphatic rings. The molecule has 0 aromatic rings. The molecule has 0 saturated carbocycles. The SMILES string of the molecule is CCCCCCC(CCCC)(CCCC)CC(=O)NCCC[NH+](C)C. The molecule has 2 N–H and O–H groups in total. The number of carbonyl (C=O) groups excluding carboxylic acids is 1. The average Bonchev–Trinajstić information content (AvgIpc) is 2.58. The highest BCUT2D eigenvalue weighted by atomic mass is 16.1. The summed E-state index contributed by atoms with van der Waals surface area (Å²) in [5.41, 5.74) is 0.247. The molecule has 0 rings (SSSR count). The first-order chi connectivity index (χ1) is 12.0. The normalized spacial score (nSPS) is 11.9. The Morgan fingerprint density at radius 2 is 1.36 bits per heavy atom. The summed E-state index contributed by atoms with van der Waals surface area (Å²) < 4.78 is 0. The zero-order valence-corrected chi connectivity index (χ0v) is 18.0. The van der Waals surface area contributed by atoms with Crippen LogP contribution in [-0.4, -0.2) is 33.1 Å². The van der Waals surface area contributed by atoms with Gasteiger partial charge in [-0.1, -0.05) is 72.1 Å². The second kappa shape index (κ2) is 15.7. The summed E-state index contributed by atoms with van der Waals surface area (Å²) in [5.74, 6) is 0.288. The van der Waals surface area contributed by atoms with Gasteiger partial charge in [-0.3, -0.25) is 4.79 Å². The topological polar surface area (TPSA) is 33.5 Å². The van der Waals surface area contributed by atoms with Gasteiger partial charge in [0.15, 0.2) is 0 Å². The summed E-state index contributed by atoms with van der Waals surface area (Å²) in [6.07, 6.45) is 15.7. The van der Waals surface area contributed by atoms with E-state index in [1.807, 2.05) is 0 Å². The number of carbonyl (C=O) groups is 1. The molecular formula is C22H47N2O+. The molecule has 0 radical (unpaired) electrons. The van der Waals surface area contributed by atoms with E-state index in [9.17, 15) is 4.79 Å². The third kappa shape index (κ3) is 13.3. The molecule has 3 heteroatoms. The minimum absolute atomic E-state index is 0.247. The van der Waals surface area contributed by atoms with Crippen LogP contribution in [0.5, 0.6) is 0 Å². The first-order valence-electron chi connectivity index (χ1n) is 11.1. The average molecular weight is 356 g/mol. The number of nitrogens with one attached hydrogen (secondary N) is 2. The van der Waals surface area contributed by atoms with Crippen LogP contribution in [0.15, 0.2) is 0 Å². The number of quaternary nitrogens is 1. The van der Waals surface area contributed by atoms with Crippen LogP contribution in [0.1, 0.15) is 104 Å². The number of hydrogen-bond donors (Lipinski definition) is 2.